The predicted octanol–water partition coefficient (Wildman–Crippen LogP) is 1.31. The average Bonchev–Trinajstić information content (AvgIpc) is 2.80. The van der Waals surface area contributed by atoms with Crippen molar-refractivity contribution in [2.45, 2.75) is 5.92 Å². The molecular weight excluding hydrogens is 248 g/mol. The van der Waals surface area contributed by atoms with Crippen LogP contribution in [-0.2, 0) is 4.79 Å². The third-order valence-electron chi connectivity index (χ3n) is 3.13. The Bertz CT molecular complexity index is 606. The highest BCUT2D eigenvalue weighted by Crippen LogP contribution is 2.35. The number of nitrogens with one attached hydrogen (secondary N) is 1. The summed E-state index contributed by atoms with van der Waals surface area (Å²) in [6.07, 6.45) is 1.66. The summed E-state index contributed by atoms with van der Waals surface area (Å²) in [7, 11) is 3.08. The Labute approximate surface area is 110 Å². The number of carbonyl (C=O) groups is 1. The van der Waals surface area contributed by atoms with Crippen LogP contribution in [0.3, 0.4) is 0 Å². The van der Waals surface area contributed by atoms with Gasteiger partial charge in [-0.1, -0.05) is 0 Å². The van der Waals surface area contributed by atoms with E-state index >= 15 is 0 Å². The average molecular weight is 264 g/mol. The number of aromatic amines is 1. The van der Waals surface area contributed by atoms with E-state index in [-0.39, 0.29) is 6.54 Å². The molecule has 0 saturated heterocycles. The van der Waals surface area contributed by atoms with Crippen molar-refractivity contribution < 1.29 is 19.4 Å². The molecule has 19 heavy (non-hydrogen) atoms. The van der Waals surface area contributed by atoms with E-state index in [9.17, 15) is 9.90 Å². The molecule has 0 aliphatic carbocycles. The first kappa shape index (κ1) is 13.2. The maximum atomic E-state index is 11.2. The van der Waals surface area contributed by atoms with Crippen molar-refractivity contribution in [2.75, 3.05) is 20.8 Å². The summed E-state index contributed by atoms with van der Waals surface area (Å²) in [6, 6.07) is 3.53. The van der Waals surface area contributed by atoms with E-state index in [4.69, 9.17) is 15.2 Å². The fraction of sp³-hybridized carbons (Fsp3) is 0.308. The number of methoxy groups -OCH3 is 2. The molecule has 0 aliphatic rings. The molecule has 0 amide bonds. The van der Waals surface area contributed by atoms with Crippen molar-refractivity contribution in [3.05, 3.63) is 23.9 Å². The van der Waals surface area contributed by atoms with Gasteiger partial charge in [0, 0.05) is 29.7 Å². The Hall–Kier alpha value is -2.21. The molecule has 1 aromatic heterocycles. The topological polar surface area (TPSA) is 97.6 Å². The molecule has 4 N–H and O–H groups in total. The lowest BCUT2D eigenvalue weighted by Crippen LogP contribution is -2.20. The van der Waals surface area contributed by atoms with E-state index in [2.05, 4.69) is 4.98 Å². The highest BCUT2D eigenvalue weighted by atomic mass is 16.5. The summed E-state index contributed by atoms with van der Waals surface area (Å²) in [5, 5.41) is 9.96. The maximum Gasteiger partial charge on any atom is 0.312 e. The Morgan fingerprint density at radius 2 is 2.00 bits per heavy atom. The fourth-order valence-corrected chi connectivity index (χ4v) is 2.12. The first-order valence-corrected chi connectivity index (χ1v) is 5.78. The number of rotatable bonds is 5. The number of aliphatic carboxylic acids is 1. The van der Waals surface area contributed by atoms with Gasteiger partial charge in [0.2, 0.25) is 0 Å². The second-order valence-electron chi connectivity index (χ2n) is 4.12. The van der Waals surface area contributed by atoms with E-state index in [1.54, 1.807) is 25.4 Å². The lowest BCUT2D eigenvalue weighted by Gasteiger charge is -2.10. The lowest BCUT2D eigenvalue weighted by atomic mass is 9.98. The minimum Gasteiger partial charge on any atom is -0.493 e. The molecule has 6 nitrogen and oxygen atoms in total. The molecular formula is C13H16N2O4. The summed E-state index contributed by atoms with van der Waals surface area (Å²) in [5.41, 5.74) is 6.96. The number of ether oxygens (including phenoxy) is 2. The second kappa shape index (κ2) is 5.19. The van der Waals surface area contributed by atoms with Crippen LogP contribution in [0, 0.1) is 0 Å². The second-order valence-corrected chi connectivity index (χ2v) is 4.12. The molecule has 2 aromatic rings. The van der Waals surface area contributed by atoms with Gasteiger partial charge in [0.05, 0.1) is 20.1 Å². The number of fused-ring (bicyclic) bond motifs is 1. The highest BCUT2D eigenvalue weighted by Gasteiger charge is 2.22. The van der Waals surface area contributed by atoms with Gasteiger partial charge in [0.15, 0.2) is 11.5 Å². The van der Waals surface area contributed by atoms with Crippen LogP contribution >= 0.6 is 0 Å². The first-order valence-electron chi connectivity index (χ1n) is 5.78. The van der Waals surface area contributed by atoms with Crippen LogP contribution in [0.15, 0.2) is 18.3 Å². The smallest absolute Gasteiger partial charge is 0.312 e. The van der Waals surface area contributed by atoms with Gasteiger partial charge < -0.3 is 25.3 Å². The van der Waals surface area contributed by atoms with Crippen LogP contribution in [0.4, 0.5) is 0 Å². The van der Waals surface area contributed by atoms with Crippen LogP contribution in [0.25, 0.3) is 10.9 Å². The fourth-order valence-electron chi connectivity index (χ4n) is 2.12. The quantitative estimate of drug-likeness (QED) is 0.756. The SMILES string of the molecule is COc1cc2[nH]cc([C@@H](CN)C(=O)O)c2cc1OC. The van der Waals surface area contributed by atoms with Gasteiger partial charge in [0.1, 0.15) is 0 Å². The molecule has 0 fully saturated rings. The van der Waals surface area contributed by atoms with E-state index in [1.807, 2.05) is 0 Å². The number of hydrogen-bond acceptors (Lipinski definition) is 4. The van der Waals surface area contributed by atoms with Crippen molar-refractivity contribution in [1.29, 1.82) is 0 Å². The number of benzene rings is 1. The molecule has 0 saturated carbocycles. The van der Waals surface area contributed by atoms with Crippen molar-refractivity contribution in [2.24, 2.45) is 5.73 Å². The normalized spacial score (nSPS) is 12.4. The Balaban J connectivity index is 2.62. The highest BCUT2D eigenvalue weighted by molar-refractivity contribution is 5.91. The number of hydrogen-bond donors (Lipinski definition) is 3. The third kappa shape index (κ3) is 2.22. The van der Waals surface area contributed by atoms with Gasteiger partial charge >= 0.3 is 5.97 Å². The monoisotopic (exact) mass is 264 g/mol. The number of nitrogens with two attached hydrogens (primary N) is 1. The van der Waals surface area contributed by atoms with Crippen LogP contribution in [0.1, 0.15) is 11.5 Å². The number of H-pyrrole nitrogens is 1. The van der Waals surface area contributed by atoms with E-state index in [0.29, 0.717) is 17.1 Å². The van der Waals surface area contributed by atoms with Crippen LogP contribution in [0.5, 0.6) is 11.5 Å². The van der Waals surface area contributed by atoms with E-state index in [1.165, 1.54) is 7.11 Å². The molecule has 1 aromatic carbocycles. The van der Waals surface area contributed by atoms with Gasteiger partial charge in [0.25, 0.3) is 0 Å². The summed E-state index contributed by atoms with van der Waals surface area (Å²) in [5.74, 6) is -0.551. The van der Waals surface area contributed by atoms with Crippen LogP contribution in [-0.4, -0.2) is 36.8 Å². The van der Waals surface area contributed by atoms with Crippen molar-refractivity contribution >= 4 is 16.9 Å². The summed E-state index contributed by atoms with van der Waals surface area (Å²) >= 11 is 0. The zero-order valence-corrected chi connectivity index (χ0v) is 10.8. The minimum atomic E-state index is -0.946. The van der Waals surface area contributed by atoms with Crippen molar-refractivity contribution in [1.82, 2.24) is 4.98 Å². The zero-order valence-electron chi connectivity index (χ0n) is 10.8. The standard InChI is InChI=1S/C13H16N2O4/c1-18-11-3-7-9(8(5-14)13(16)17)6-15-10(7)4-12(11)19-2/h3-4,6,8,15H,5,14H2,1-2H3,(H,16,17)/t8-/m1/s1. The molecule has 2 rings (SSSR count). The Morgan fingerprint density at radius 1 is 1.37 bits per heavy atom. The summed E-state index contributed by atoms with van der Waals surface area (Å²) in [6.45, 7) is 0.0383. The molecule has 102 valence electrons. The largest absolute Gasteiger partial charge is 0.493 e. The summed E-state index contributed by atoms with van der Waals surface area (Å²) < 4.78 is 10.4. The Kier molecular flexibility index (Phi) is 3.62. The lowest BCUT2D eigenvalue weighted by molar-refractivity contribution is -0.138. The van der Waals surface area contributed by atoms with Crippen molar-refractivity contribution in [3.63, 3.8) is 0 Å². The molecule has 0 bridgehead atoms. The molecule has 0 unspecified atom stereocenters. The molecule has 6 heteroatoms. The summed E-state index contributed by atoms with van der Waals surface area (Å²) in [4.78, 5) is 14.2. The van der Waals surface area contributed by atoms with Crippen LogP contribution in [0.2, 0.25) is 0 Å². The zero-order chi connectivity index (χ0) is 14.0. The van der Waals surface area contributed by atoms with E-state index in [0.717, 1.165) is 10.9 Å². The van der Waals surface area contributed by atoms with Crippen LogP contribution < -0.4 is 15.2 Å². The predicted molar refractivity (Wildman–Crippen MR) is 70.8 cm³/mol. The van der Waals surface area contributed by atoms with Gasteiger partial charge in [-0.05, 0) is 11.6 Å². The number of aromatic nitrogens is 1. The molecule has 1 heterocycles. The first-order chi connectivity index (χ1) is 9.12. The molecule has 1 atom stereocenters. The number of carboxylic acid groups (broad SMARTS) is 1. The third-order valence-corrected chi connectivity index (χ3v) is 3.13. The van der Waals surface area contributed by atoms with E-state index < -0.39 is 11.9 Å². The van der Waals surface area contributed by atoms with Gasteiger partial charge in [-0.2, -0.15) is 0 Å². The number of carboxylic acids is 1. The van der Waals surface area contributed by atoms with Crippen molar-refractivity contribution in [3.8, 4) is 11.5 Å². The molecule has 0 spiro atoms. The Morgan fingerprint density at radius 3 is 2.53 bits per heavy atom. The molecule has 0 aliphatic heterocycles. The maximum absolute atomic E-state index is 11.2. The van der Waals surface area contributed by atoms with Gasteiger partial charge in [-0.3, -0.25) is 4.79 Å². The molecule has 0 radical (unpaired) electrons. The van der Waals surface area contributed by atoms with Gasteiger partial charge in [-0.15, -0.1) is 0 Å². The minimum absolute atomic E-state index is 0.0383. The van der Waals surface area contributed by atoms with Gasteiger partial charge in [-0.25, -0.2) is 0 Å².